The number of aromatic hydroxyl groups is 1. The summed E-state index contributed by atoms with van der Waals surface area (Å²) < 4.78 is 26.6. The van der Waals surface area contributed by atoms with Gasteiger partial charge in [-0.05, 0) is 60.4 Å². The molecule has 0 atom stereocenters. The molecule has 3 rings (SSSR count). The Morgan fingerprint density at radius 1 is 0.875 bits per heavy atom. The fourth-order valence-electron chi connectivity index (χ4n) is 3.93. The summed E-state index contributed by atoms with van der Waals surface area (Å²) in [5.41, 5.74) is 1.16. The third kappa shape index (κ3) is 7.22. The molecular weight excluding hydrogens is 518 g/mol. The first-order chi connectivity index (χ1) is 19.4. The van der Waals surface area contributed by atoms with Gasteiger partial charge in [0.15, 0.2) is 23.5 Å². The molecule has 3 aromatic carbocycles. The maximum Gasteiger partial charge on any atom is 0.414 e. The smallest absolute Gasteiger partial charge is 0.414 e. The lowest BCUT2D eigenvalue weighted by Gasteiger charge is -2.25. The average Bonchev–Trinajstić information content (AvgIpc) is 2.99. The van der Waals surface area contributed by atoms with Crippen LogP contribution in [0.15, 0.2) is 54.6 Å². The molecule has 0 radical (unpaired) electrons. The van der Waals surface area contributed by atoms with Crippen LogP contribution in [-0.2, 0) is 22.5 Å². The number of methoxy groups -OCH3 is 3. The summed E-state index contributed by atoms with van der Waals surface area (Å²) in [4.78, 5) is 39.2. The fourth-order valence-corrected chi connectivity index (χ4v) is 3.93. The molecule has 0 fully saturated rings. The van der Waals surface area contributed by atoms with E-state index >= 15 is 0 Å². The zero-order valence-electron chi connectivity index (χ0n) is 23.0. The van der Waals surface area contributed by atoms with Crippen LogP contribution >= 0.6 is 0 Å². The lowest BCUT2D eigenvalue weighted by atomic mass is 10.1. The second-order valence-electron chi connectivity index (χ2n) is 8.65. The molecule has 1 N–H and O–H groups in total. The van der Waals surface area contributed by atoms with E-state index in [2.05, 4.69) is 0 Å². The molecule has 0 spiro atoms. The van der Waals surface area contributed by atoms with Crippen LogP contribution in [0, 0.1) is 0 Å². The SMILES string of the molecule is CCCOC(=O)c1ccc(C=O)c(N(CCc2ccc(OC)c(OC)c2)C(=O)OCc2ccc(OC)cc2)c1O. The molecule has 10 heteroatoms. The van der Waals surface area contributed by atoms with Crippen LogP contribution in [0.1, 0.15) is 45.2 Å². The van der Waals surface area contributed by atoms with Crippen molar-refractivity contribution in [1.82, 2.24) is 0 Å². The highest BCUT2D eigenvalue weighted by molar-refractivity contribution is 6.03. The number of phenolic OH excluding ortho intramolecular Hbond substituents is 1. The second-order valence-corrected chi connectivity index (χ2v) is 8.65. The molecule has 0 saturated heterocycles. The molecule has 0 saturated carbocycles. The van der Waals surface area contributed by atoms with E-state index < -0.39 is 17.8 Å². The van der Waals surface area contributed by atoms with Crippen molar-refractivity contribution in [3.05, 3.63) is 76.9 Å². The average molecular weight is 552 g/mol. The van der Waals surface area contributed by atoms with E-state index in [1.807, 2.05) is 6.92 Å². The van der Waals surface area contributed by atoms with Gasteiger partial charge in [0.2, 0.25) is 0 Å². The number of nitrogens with zero attached hydrogens (tertiary/aromatic N) is 1. The van der Waals surface area contributed by atoms with E-state index in [0.717, 1.165) is 10.5 Å². The number of carbonyl (C=O) groups is 3. The van der Waals surface area contributed by atoms with Crippen LogP contribution < -0.4 is 19.1 Å². The van der Waals surface area contributed by atoms with Gasteiger partial charge in [-0.2, -0.15) is 0 Å². The molecule has 0 aliphatic carbocycles. The van der Waals surface area contributed by atoms with Crippen molar-refractivity contribution in [2.45, 2.75) is 26.4 Å². The number of anilines is 1. The molecule has 0 aliphatic heterocycles. The Kier molecular flexibility index (Phi) is 10.8. The predicted octanol–water partition coefficient (Wildman–Crippen LogP) is 5.18. The Hall–Kier alpha value is -4.73. The van der Waals surface area contributed by atoms with Crippen molar-refractivity contribution in [3.8, 4) is 23.0 Å². The number of rotatable bonds is 13. The molecule has 40 heavy (non-hydrogen) atoms. The zero-order chi connectivity index (χ0) is 29.1. The summed E-state index contributed by atoms with van der Waals surface area (Å²) in [6, 6.07) is 14.9. The van der Waals surface area contributed by atoms with Gasteiger partial charge in [0.25, 0.3) is 0 Å². The molecular formula is C30H33NO9. The van der Waals surface area contributed by atoms with Crippen molar-refractivity contribution in [3.63, 3.8) is 0 Å². The number of ether oxygens (including phenoxy) is 5. The van der Waals surface area contributed by atoms with E-state index in [-0.39, 0.29) is 36.6 Å². The fraction of sp³-hybridized carbons (Fsp3) is 0.300. The minimum atomic E-state index is -0.825. The van der Waals surface area contributed by atoms with Gasteiger partial charge in [-0.1, -0.05) is 25.1 Å². The predicted molar refractivity (Wildman–Crippen MR) is 148 cm³/mol. The van der Waals surface area contributed by atoms with E-state index in [0.29, 0.717) is 41.9 Å². The summed E-state index contributed by atoms with van der Waals surface area (Å²) in [7, 11) is 4.59. The maximum absolute atomic E-state index is 13.4. The van der Waals surface area contributed by atoms with Crippen molar-refractivity contribution >= 4 is 24.0 Å². The lowest BCUT2D eigenvalue weighted by Crippen LogP contribution is -2.34. The molecule has 212 valence electrons. The molecule has 0 unspecified atom stereocenters. The summed E-state index contributed by atoms with van der Waals surface area (Å²) >= 11 is 0. The molecule has 0 aromatic heterocycles. The molecule has 0 bridgehead atoms. The van der Waals surface area contributed by atoms with Crippen LogP contribution in [0.2, 0.25) is 0 Å². The topological polar surface area (TPSA) is 121 Å². The number of carbonyl (C=O) groups excluding carboxylic acids is 3. The van der Waals surface area contributed by atoms with Gasteiger partial charge in [0.1, 0.15) is 23.6 Å². The van der Waals surface area contributed by atoms with E-state index in [1.165, 1.54) is 26.4 Å². The maximum atomic E-state index is 13.4. The van der Waals surface area contributed by atoms with Gasteiger partial charge in [-0.3, -0.25) is 9.69 Å². The Morgan fingerprint density at radius 3 is 2.20 bits per heavy atom. The standard InChI is InChI=1S/C30H33NO9/c1-5-16-39-29(34)24-12-9-22(18-32)27(28(24)33)31(15-14-20-8-13-25(37-3)26(17-20)38-4)30(35)40-19-21-6-10-23(36-2)11-7-21/h6-13,17-18,33H,5,14-16,19H2,1-4H3. The molecule has 10 nitrogen and oxygen atoms in total. The Labute approximate surface area is 233 Å². The summed E-state index contributed by atoms with van der Waals surface area (Å²) in [6.07, 6.45) is 0.547. The zero-order valence-corrected chi connectivity index (χ0v) is 23.0. The quantitative estimate of drug-likeness (QED) is 0.226. The van der Waals surface area contributed by atoms with Crippen molar-refractivity contribution < 1.29 is 43.2 Å². The van der Waals surface area contributed by atoms with Gasteiger partial charge >= 0.3 is 12.1 Å². The summed E-state index contributed by atoms with van der Waals surface area (Å²) in [6.45, 7) is 1.91. The van der Waals surface area contributed by atoms with Gasteiger partial charge < -0.3 is 28.8 Å². The van der Waals surface area contributed by atoms with Gasteiger partial charge in [0, 0.05) is 12.1 Å². The first-order valence-electron chi connectivity index (χ1n) is 12.6. The van der Waals surface area contributed by atoms with Crippen LogP contribution in [0.25, 0.3) is 0 Å². The highest BCUT2D eigenvalue weighted by Crippen LogP contribution is 2.36. The lowest BCUT2D eigenvalue weighted by molar-refractivity contribution is 0.0501. The first kappa shape index (κ1) is 29.8. The molecule has 0 heterocycles. The van der Waals surface area contributed by atoms with Crippen LogP contribution in [0.4, 0.5) is 10.5 Å². The van der Waals surface area contributed by atoms with Gasteiger partial charge in [0.05, 0.1) is 27.9 Å². The van der Waals surface area contributed by atoms with E-state index in [4.69, 9.17) is 23.7 Å². The molecule has 3 aromatic rings. The number of hydrogen-bond donors (Lipinski definition) is 1. The molecule has 1 amide bonds. The number of amides is 1. The van der Waals surface area contributed by atoms with Crippen molar-refractivity contribution in [2.75, 3.05) is 39.4 Å². The van der Waals surface area contributed by atoms with Gasteiger partial charge in [-0.25, -0.2) is 9.59 Å². The Balaban J connectivity index is 1.96. The first-order valence-corrected chi connectivity index (χ1v) is 12.6. The Bertz CT molecular complexity index is 1320. The number of benzene rings is 3. The van der Waals surface area contributed by atoms with Crippen molar-refractivity contribution in [1.29, 1.82) is 0 Å². The number of phenols is 1. The van der Waals surface area contributed by atoms with Crippen LogP contribution in [0.5, 0.6) is 23.0 Å². The normalized spacial score (nSPS) is 10.4. The van der Waals surface area contributed by atoms with Crippen LogP contribution in [0.3, 0.4) is 0 Å². The highest BCUT2D eigenvalue weighted by atomic mass is 16.6. The van der Waals surface area contributed by atoms with E-state index in [9.17, 15) is 19.5 Å². The third-order valence-electron chi connectivity index (χ3n) is 6.05. The van der Waals surface area contributed by atoms with Crippen LogP contribution in [-0.4, -0.2) is 57.9 Å². The number of esters is 1. The monoisotopic (exact) mass is 551 g/mol. The minimum Gasteiger partial charge on any atom is -0.505 e. The van der Waals surface area contributed by atoms with E-state index in [1.54, 1.807) is 49.6 Å². The van der Waals surface area contributed by atoms with Crippen molar-refractivity contribution in [2.24, 2.45) is 0 Å². The third-order valence-corrected chi connectivity index (χ3v) is 6.05. The van der Waals surface area contributed by atoms with Gasteiger partial charge in [-0.15, -0.1) is 0 Å². The number of aldehydes is 1. The highest BCUT2D eigenvalue weighted by Gasteiger charge is 2.28. The Morgan fingerprint density at radius 2 is 1.57 bits per heavy atom. The number of hydrogen-bond acceptors (Lipinski definition) is 9. The second kappa shape index (κ2) is 14.4. The summed E-state index contributed by atoms with van der Waals surface area (Å²) in [5, 5.41) is 11.1. The molecule has 0 aliphatic rings. The minimum absolute atomic E-state index is 0.00120. The summed E-state index contributed by atoms with van der Waals surface area (Å²) in [5.74, 6) is 0.370. The largest absolute Gasteiger partial charge is 0.505 e.